The molecule has 0 fully saturated rings. The Balaban J connectivity index is 1.55. The predicted octanol–water partition coefficient (Wildman–Crippen LogP) is 4.16. The van der Waals surface area contributed by atoms with Gasteiger partial charge in [-0.2, -0.15) is 0 Å². The van der Waals surface area contributed by atoms with Gasteiger partial charge in [-0.1, -0.05) is 18.2 Å². The van der Waals surface area contributed by atoms with Gasteiger partial charge in [-0.25, -0.2) is 9.98 Å². The first kappa shape index (κ1) is 21.2. The smallest absolute Gasteiger partial charge is 0.219 e. The van der Waals surface area contributed by atoms with E-state index in [-0.39, 0.29) is 0 Å². The van der Waals surface area contributed by atoms with E-state index in [4.69, 9.17) is 13.9 Å². The van der Waals surface area contributed by atoms with Crippen molar-refractivity contribution in [1.82, 2.24) is 15.6 Å². The first-order valence-corrected chi connectivity index (χ1v) is 10.2. The summed E-state index contributed by atoms with van der Waals surface area (Å²) in [7, 11) is 0. The Morgan fingerprint density at radius 2 is 1.90 bits per heavy atom. The summed E-state index contributed by atoms with van der Waals surface area (Å²) in [6.07, 6.45) is 4.26. The summed E-state index contributed by atoms with van der Waals surface area (Å²) < 4.78 is 16.8. The Bertz CT molecular complexity index is 908. The lowest BCUT2D eigenvalue weighted by Crippen LogP contribution is -2.38. The standard InChI is InChI=1S/C23H28N4O3/c1-3-24-23(25-14-13-19-8-7-15-29-19)27-17-18-11-12-22(26-16-18)30-21-10-6-5-9-20(21)28-4-2/h5-12,15-16H,3-4,13-14,17H2,1-2H3,(H2,24,25,27). The highest BCUT2D eigenvalue weighted by Crippen LogP contribution is 2.30. The van der Waals surface area contributed by atoms with E-state index >= 15 is 0 Å². The largest absolute Gasteiger partial charge is 0.490 e. The van der Waals surface area contributed by atoms with Crippen molar-refractivity contribution in [1.29, 1.82) is 0 Å². The first-order chi connectivity index (χ1) is 14.8. The summed E-state index contributed by atoms with van der Waals surface area (Å²) in [4.78, 5) is 9.01. The van der Waals surface area contributed by atoms with Crippen LogP contribution in [0, 0.1) is 0 Å². The molecule has 0 atom stereocenters. The predicted molar refractivity (Wildman–Crippen MR) is 117 cm³/mol. The Labute approximate surface area is 177 Å². The molecule has 0 bridgehead atoms. The maximum atomic E-state index is 5.86. The van der Waals surface area contributed by atoms with Gasteiger partial charge in [-0.3, -0.25) is 0 Å². The van der Waals surface area contributed by atoms with Gasteiger partial charge in [0.25, 0.3) is 0 Å². The molecule has 0 saturated carbocycles. The molecule has 0 unspecified atom stereocenters. The molecule has 7 heteroatoms. The highest BCUT2D eigenvalue weighted by Gasteiger charge is 2.06. The van der Waals surface area contributed by atoms with Crippen molar-refractivity contribution in [3.05, 3.63) is 72.3 Å². The van der Waals surface area contributed by atoms with E-state index in [0.29, 0.717) is 30.5 Å². The van der Waals surface area contributed by atoms with Crippen molar-refractivity contribution in [2.45, 2.75) is 26.8 Å². The molecule has 2 N–H and O–H groups in total. The summed E-state index contributed by atoms with van der Waals surface area (Å²) >= 11 is 0. The number of aromatic nitrogens is 1. The zero-order valence-corrected chi connectivity index (χ0v) is 17.4. The average molecular weight is 409 g/mol. The maximum Gasteiger partial charge on any atom is 0.219 e. The molecule has 0 aliphatic rings. The molecule has 30 heavy (non-hydrogen) atoms. The van der Waals surface area contributed by atoms with Crippen LogP contribution in [0.5, 0.6) is 17.4 Å². The van der Waals surface area contributed by atoms with Crippen molar-refractivity contribution in [3.8, 4) is 17.4 Å². The van der Waals surface area contributed by atoms with Gasteiger partial charge in [0.05, 0.1) is 19.4 Å². The molecule has 2 heterocycles. The SMILES string of the molecule is CCNC(=NCc1ccc(Oc2ccccc2OCC)nc1)NCCc1ccco1. The third-order valence-corrected chi connectivity index (χ3v) is 4.17. The van der Waals surface area contributed by atoms with Crippen LogP contribution in [0.15, 0.2) is 70.4 Å². The molecule has 0 saturated heterocycles. The number of furan rings is 1. The first-order valence-electron chi connectivity index (χ1n) is 10.2. The Morgan fingerprint density at radius 1 is 1.03 bits per heavy atom. The van der Waals surface area contributed by atoms with Crippen LogP contribution in [0.1, 0.15) is 25.2 Å². The lowest BCUT2D eigenvalue weighted by molar-refractivity contribution is 0.319. The minimum atomic E-state index is 0.512. The summed E-state index contributed by atoms with van der Waals surface area (Å²) in [6, 6.07) is 15.2. The average Bonchev–Trinajstić information content (AvgIpc) is 3.28. The van der Waals surface area contributed by atoms with Crippen molar-refractivity contribution in [3.63, 3.8) is 0 Å². The molecule has 1 aromatic carbocycles. The fraction of sp³-hybridized carbons (Fsp3) is 0.304. The van der Waals surface area contributed by atoms with Gasteiger partial charge in [0.15, 0.2) is 17.5 Å². The van der Waals surface area contributed by atoms with Gasteiger partial charge in [0, 0.05) is 31.8 Å². The number of hydrogen-bond donors (Lipinski definition) is 2. The number of pyridine rings is 1. The van der Waals surface area contributed by atoms with Crippen molar-refractivity contribution < 1.29 is 13.9 Å². The number of para-hydroxylation sites is 2. The molecule has 2 aromatic heterocycles. The second-order valence-electron chi connectivity index (χ2n) is 6.44. The van der Waals surface area contributed by atoms with Gasteiger partial charge in [-0.05, 0) is 43.7 Å². The van der Waals surface area contributed by atoms with Crippen LogP contribution in [0.2, 0.25) is 0 Å². The van der Waals surface area contributed by atoms with Crippen LogP contribution in [-0.4, -0.2) is 30.6 Å². The van der Waals surface area contributed by atoms with Crippen molar-refractivity contribution in [2.24, 2.45) is 4.99 Å². The lowest BCUT2D eigenvalue weighted by Gasteiger charge is -2.11. The molecule has 3 rings (SSSR count). The number of guanidine groups is 1. The van der Waals surface area contributed by atoms with E-state index in [1.807, 2.05) is 62.4 Å². The van der Waals surface area contributed by atoms with Crippen LogP contribution in [-0.2, 0) is 13.0 Å². The Morgan fingerprint density at radius 3 is 2.60 bits per heavy atom. The number of ether oxygens (including phenoxy) is 2. The zero-order chi connectivity index (χ0) is 21.0. The maximum absolute atomic E-state index is 5.86. The van der Waals surface area contributed by atoms with Gasteiger partial charge >= 0.3 is 0 Å². The van der Waals surface area contributed by atoms with E-state index in [2.05, 4.69) is 20.6 Å². The van der Waals surface area contributed by atoms with E-state index < -0.39 is 0 Å². The minimum absolute atomic E-state index is 0.512. The quantitative estimate of drug-likeness (QED) is 0.387. The minimum Gasteiger partial charge on any atom is -0.490 e. The summed E-state index contributed by atoms with van der Waals surface area (Å²) in [5.41, 5.74) is 0.990. The Kier molecular flexibility index (Phi) is 8.14. The molecule has 0 aliphatic heterocycles. The van der Waals surface area contributed by atoms with Crippen LogP contribution >= 0.6 is 0 Å². The van der Waals surface area contributed by atoms with Crippen molar-refractivity contribution >= 4 is 5.96 Å². The molecule has 0 radical (unpaired) electrons. The fourth-order valence-electron chi connectivity index (χ4n) is 2.76. The van der Waals surface area contributed by atoms with Crippen LogP contribution in [0.4, 0.5) is 0 Å². The van der Waals surface area contributed by atoms with Gasteiger partial charge in [0.1, 0.15) is 5.76 Å². The summed E-state index contributed by atoms with van der Waals surface area (Å²) in [5.74, 6) is 3.57. The van der Waals surface area contributed by atoms with Crippen LogP contribution in [0.25, 0.3) is 0 Å². The molecule has 0 amide bonds. The molecule has 7 nitrogen and oxygen atoms in total. The second kappa shape index (κ2) is 11.5. The molecule has 0 spiro atoms. The van der Waals surface area contributed by atoms with Crippen LogP contribution < -0.4 is 20.1 Å². The molecule has 3 aromatic rings. The molecular weight excluding hydrogens is 380 g/mol. The van der Waals surface area contributed by atoms with E-state index in [0.717, 1.165) is 36.8 Å². The number of hydrogen-bond acceptors (Lipinski definition) is 5. The van der Waals surface area contributed by atoms with Gasteiger partial charge in [0.2, 0.25) is 5.88 Å². The van der Waals surface area contributed by atoms with Crippen LogP contribution in [0.3, 0.4) is 0 Å². The van der Waals surface area contributed by atoms with Gasteiger partial charge in [-0.15, -0.1) is 0 Å². The third kappa shape index (κ3) is 6.55. The van der Waals surface area contributed by atoms with E-state index in [9.17, 15) is 0 Å². The fourth-order valence-corrected chi connectivity index (χ4v) is 2.76. The zero-order valence-electron chi connectivity index (χ0n) is 17.4. The summed E-state index contributed by atoms with van der Waals surface area (Å²) in [5, 5.41) is 6.56. The highest BCUT2D eigenvalue weighted by atomic mass is 16.5. The highest BCUT2D eigenvalue weighted by molar-refractivity contribution is 5.79. The molecular formula is C23H28N4O3. The monoisotopic (exact) mass is 408 g/mol. The second-order valence-corrected chi connectivity index (χ2v) is 6.44. The summed E-state index contributed by atoms with van der Waals surface area (Å²) in [6.45, 7) is 6.60. The number of nitrogens with one attached hydrogen (secondary N) is 2. The van der Waals surface area contributed by atoms with E-state index in [1.165, 1.54) is 0 Å². The lowest BCUT2D eigenvalue weighted by atomic mass is 10.3. The topological polar surface area (TPSA) is 80.9 Å². The van der Waals surface area contributed by atoms with Crippen molar-refractivity contribution in [2.75, 3.05) is 19.7 Å². The number of benzene rings is 1. The molecule has 0 aliphatic carbocycles. The Hall–Kier alpha value is -3.48. The number of aliphatic imine (C=N–C) groups is 1. The number of nitrogens with zero attached hydrogens (tertiary/aromatic N) is 2. The third-order valence-electron chi connectivity index (χ3n) is 4.17. The van der Waals surface area contributed by atoms with E-state index in [1.54, 1.807) is 12.5 Å². The number of rotatable bonds is 10. The van der Waals surface area contributed by atoms with Gasteiger partial charge < -0.3 is 24.5 Å². The normalized spacial score (nSPS) is 11.2. The molecule has 158 valence electrons.